The van der Waals surface area contributed by atoms with E-state index in [-0.39, 0.29) is 11.7 Å². The molecule has 2 unspecified atom stereocenters. The zero-order chi connectivity index (χ0) is 25.4. The maximum atomic E-state index is 14.9. The van der Waals surface area contributed by atoms with Crippen LogP contribution >= 0.6 is 0 Å². The van der Waals surface area contributed by atoms with E-state index in [1.807, 2.05) is 0 Å². The molecule has 1 amide bonds. The van der Waals surface area contributed by atoms with Gasteiger partial charge in [-0.1, -0.05) is 19.1 Å². The highest BCUT2D eigenvalue weighted by Crippen LogP contribution is 2.52. The number of aromatic nitrogens is 2. The minimum absolute atomic E-state index is 0.279. The molecule has 36 heavy (non-hydrogen) atoms. The van der Waals surface area contributed by atoms with Gasteiger partial charge in [0.05, 0.1) is 12.0 Å². The molecule has 3 aliphatic rings. The quantitative estimate of drug-likeness (QED) is 0.352. The third-order valence-corrected chi connectivity index (χ3v) is 7.78. The van der Waals surface area contributed by atoms with Gasteiger partial charge in [-0.3, -0.25) is 20.5 Å². The molecule has 1 aliphatic heterocycles. The van der Waals surface area contributed by atoms with Crippen LogP contribution in [0.1, 0.15) is 78.4 Å². The first-order valence-corrected chi connectivity index (χ1v) is 12.7. The Morgan fingerprint density at radius 2 is 2.08 bits per heavy atom. The lowest BCUT2D eigenvalue weighted by Gasteiger charge is -2.23. The number of anilines is 1. The molecule has 1 saturated heterocycles. The third kappa shape index (κ3) is 5.31. The molecule has 1 aromatic heterocycles. The van der Waals surface area contributed by atoms with Crippen molar-refractivity contribution in [3.63, 3.8) is 0 Å². The number of amidine groups is 1. The predicted molar refractivity (Wildman–Crippen MR) is 138 cm³/mol. The minimum atomic E-state index is -1.58. The van der Waals surface area contributed by atoms with E-state index in [0.29, 0.717) is 28.3 Å². The summed E-state index contributed by atoms with van der Waals surface area (Å²) in [6, 6.07) is 8.84. The number of nitrogens with one attached hydrogen (secondary N) is 3. The predicted octanol–water partition coefficient (Wildman–Crippen LogP) is 4.55. The normalized spacial score (nSPS) is 20.1. The van der Waals surface area contributed by atoms with E-state index in [1.165, 1.54) is 26.3 Å². The summed E-state index contributed by atoms with van der Waals surface area (Å²) in [5.74, 6) is -0.101. The molecule has 2 heterocycles. The van der Waals surface area contributed by atoms with Crippen LogP contribution in [0.25, 0.3) is 0 Å². The molecular weight excluding hydrogens is 457 g/mol. The van der Waals surface area contributed by atoms with Gasteiger partial charge in [-0.15, -0.1) is 0 Å². The lowest BCUT2D eigenvalue weighted by atomic mass is 9.95. The van der Waals surface area contributed by atoms with Crippen molar-refractivity contribution in [2.45, 2.75) is 63.6 Å². The number of nitrogens with zero attached hydrogens (tertiary/aromatic N) is 4. The Labute approximate surface area is 211 Å². The Morgan fingerprint density at radius 1 is 1.31 bits per heavy atom. The number of hydrogen-bond acceptors (Lipinski definition) is 6. The molecule has 2 aliphatic carbocycles. The highest BCUT2D eigenvalue weighted by Gasteiger charge is 2.47. The van der Waals surface area contributed by atoms with Crippen molar-refractivity contribution in [2.75, 3.05) is 25.5 Å². The summed E-state index contributed by atoms with van der Waals surface area (Å²) < 4.78 is 14.9. The fourth-order valence-electron chi connectivity index (χ4n) is 4.98. The van der Waals surface area contributed by atoms with Gasteiger partial charge >= 0.3 is 0 Å². The first-order valence-electron chi connectivity index (χ1n) is 12.7. The van der Waals surface area contributed by atoms with Crippen molar-refractivity contribution in [1.29, 1.82) is 10.8 Å². The van der Waals surface area contributed by atoms with Crippen molar-refractivity contribution < 1.29 is 9.18 Å². The van der Waals surface area contributed by atoms with Crippen LogP contribution < -0.4 is 5.32 Å². The highest BCUT2D eigenvalue weighted by atomic mass is 19.1. The van der Waals surface area contributed by atoms with Gasteiger partial charge in [0.1, 0.15) is 17.4 Å². The number of likely N-dealkylation sites (tertiary alicyclic amines) is 1. The maximum Gasteiger partial charge on any atom is 0.274 e. The van der Waals surface area contributed by atoms with Gasteiger partial charge in [-0.05, 0) is 67.8 Å². The molecule has 3 fully saturated rings. The fourth-order valence-corrected chi connectivity index (χ4v) is 4.98. The molecule has 5 rings (SSSR count). The lowest BCUT2D eigenvalue weighted by molar-refractivity contribution is 0.102. The zero-order valence-electron chi connectivity index (χ0n) is 20.9. The molecule has 0 bridgehead atoms. The summed E-state index contributed by atoms with van der Waals surface area (Å²) in [5.41, 5.74) is 3.01. The Bertz CT molecular complexity index is 1180. The lowest BCUT2D eigenvalue weighted by Crippen LogP contribution is -2.35. The van der Waals surface area contributed by atoms with Crippen molar-refractivity contribution in [2.24, 2.45) is 5.41 Å². The topological polar surface area (TPSA) is 109 Å². The molecule has 9 heteroatoms. The number of halogens is 1. The van der Waals surface area contributed by atoms with E-state index in [1.54, 1.807) is 37.3 Å². The van der Waals surface area contributed by atoms with Gasteiger partial charge in [0.25, 0.3) is 5.91 Å². The maximum absolute atomic E-state index is 14.9. The molecule has 1 spiro atoms. The van der Waals surface area contributed by atoms with E-state index >= 15 is 0 Å². The molecule has 1 aromatic carbocycles. The molecular formula is C27H34FN7O. The van der Waals surface area contributed by atoms with Gasteiger partial charge in [0, 0.05) is 37.7 Å². The van der Waals surface area contributed by atoms with E-state index in [2.05, 4.69) is 15.2 Å². The number of carbonyl (C=O) groups is 1. The average molecular weight is 492 g/mol. The number of amides is 1. The van der Waals surface area contributed by atoms with Crippen LogP contribution in [0.15, 0.2) is 30.3 Å². The average Bonchev–Trinajstić information content (AvgIpc) is 3.81. The summed E-state index contributed by atoms with van der Waals surface area (Å²) in [5, 5.41) is 18.1. The van der Waals surface area contributed by atoms with Crippen molar-refractivity contribution >= 4 is 23.8 Å². The molecule has 2 aromatic rings. The van der Waals surface area contributed by atoms with Crippen molar-refractivity contribution in [3.8, 4) is 0 Å². The van der Waals surface area contributed by atoms with E-state index in [9.17, 15) is 9.18 Å². The van der Waals surface area contributed by atoms with Crippen LogP contribution in [0.5, 0.6) is 0 Å². The van der Waals surface area contributed by atoms with Crippen LogP contribution in [-0.2, 0) is 6.54 Å². The Balaban J connectivity index is 1.30. The third-order valence-electron chi connectivity index (χ3n) is 7.78. The van der Waals surface area contributed by atoms with Crippen molar-refractivity contribution in [1.82, 2.24) is 19.8 Å². The molecule has 0 radical (unpaired) electrons. The first-order chi connectivity index (χ1) is 17.3. The summed E-state index contributed by atoms with van der Waals surface area (Å²) in [6.07, 6.45) is 5.37. The van der Waals surface area contributed by atoms with E-state index in [4.69, 9.17) is 15.8 Å². The standard InChI is InChI=1S/C27H34FN7O/c1-17(23(28)24(30)34(2)16-29)19-4-3-5-20(12-19)32-26(36)22-13-21(31-25(33-22)18-6-7-18)14-35-11-10-27(15-35)8-9-27/h3-5,12-13,16-18,23,29-30H,6-11,14-15H2,1-2H3,(H,32,36). The van der Waals surface area contributed by atoms with Gasteiger partial charge in [0.15, 0.2) is 6.17 Å². The fraction of sp³-hybridized carbons (Fsp3) is 0.519. The van der Waals surface area contributed by atoms with Crippen LogP contribution in [0.3, 0.4) is 0 Å². The number of carbonyl (C=O) groups excluding carboxylic acids is 1. The second-order valence-corrected chi connectivity index (χ2v) is 10.7. The van der Waals surface area contributed by atoms with Crippen molar-refractivity contribution in [3.05, 3.63) is 53.1 Å². The summed E-state index contributed by atoms with van der Waals surface area (Å²) in [7, 11) is 1.48. The zero-order valence-corrected chi connectivity index (χ0v) is 20.9. The molecule has 2 atom stereocenters. The Hall–Kier alpha value is -3.20. The van der Waals surface area contributed by atoms with Gasteiger partial charge in [0.2, 0.25) is 0 Å². The first kappa shape index (κ1) is 24.5. The Kier molecular flexibility index (Phi) is 6.59. The summed E-state index contributed by atoms with van der Waals surface area (Å²) >= 11 is 0. The van der Waals surface area contributed by atoms with Crippen LogP contribution in [0.4, 0.5) is 10.1 Å². The summed E-state index contributed by atoms with van der Waals surface area (Å²) in [6.45, 7) is 4.63. The number of hydrogen-bond donors (Lipinski definition) is 3. The molecule has 8 nitrogen and oxygen atoms in total. The molecule has 2 saturated carbocycles. The summed E-state index contributed by atoms with van der Waals surface area (Å²) in [4.78, 5) is 26.2. The van der Waals surface area contributed by atoms with E-state index < -0.39 is 12.1 Å². The minimum Gasteiger partial charge on any atom is -0.322 e. The van der Waals surface area contributed by atoms with Gasteiger partial charge in [-0.25, -0.2) is 14.4 Å². The SMILES string of the molecule is CC(c1cccc(NC(=O)c2cc(CN3CCC4(CC4)C3)nc(C3CC3)n2)c1)C(F)C(=N)N(C)C=N. The second kappa shape index (κ2) is 9.69. The number of benzene rings is 1. The van der Waals surface area contributed by atoms with Crippen LogP contribution in [0, 0.1) is 16.2 Å². The monoisotopic (exact) mass is 491 g/mol. The smallest absolute Gasteiger partial charge is 0.274 e. The van der Waals surface area contributed by atoms with Gasteiger partial charge < -0.3 is 10.2 Å². The van der Waals surface area contributed by atoms with Gasteiger partial charge in [-0.2, -0.15) is 0 Å². The highest BCUT2D eigenvalue weighted by molar-refractivity contribution is 6.03. The number of alkyl halides is 1. The van der Waals surface area contributed by atoms with Crippen LogP contribution in [-0.4, -0.2) is 64.2 Å². The van der Waals surface area contributed by atoms with E-state index in [0.717, 1.165) is 55.2 Å². The van der Waals surface area contributed by atoms with Crippen LogP contribution in [0.2, 0.25) is 0 Å². The number of rotatable bonds is 9. The molecule has 3 N–H and O–H groups in total. The second-order valence-electron chi connectivity index (χ2n) is 10.7. The Morgan fingerprint density at radius 3 is 2.75 bits per heavy atom. The molecule has 190 valence electrons. The largest absolute Gasteiger partial charge is 0.322 e.